The minimum Gasteiger partial charge on any atom is -0.436 e. The maximum atomic E-state index is 5.87. The average Bonchev–Trinajstić information content (AvgIpc) is 3.05. The first-order valence-corrected chi connectivity index (χ1v) is 8.33. The quantitative estimate of drug-likeness (QED) is 0.410. The van der Waals surface area contributed by atoms with Crippen LogP contribution in [0.2, 0.25) is 0 Å². The summed E-state index contributed by atoms with van der Waals surface area (Å²) in [6, 6.07) is 23.7. The van der Waals surface area contributed by atoms with E-state index < -0.39 is 0 Å². The van der Waals surface area contributed by atoms with Crippen molar-refractivity contribution >= 4 is 38.9 Å². The molecule has 0 fully saturated rings. The third-order valence-corrected chi connectivity index (χ3v) is 4.15. The normalized spacial score (nSPS) is 11.4. The summed E-state index contributed by atoms with van der Waals surface area (Å²) in [6.45, 7) is 0. The lowest BCUT2D eigenvalue weighted by Gasteiger charge is -1.95. The van der Waals surface area contributed by atoms with Crippen molar-refractivity contribution in [1.29, 1.82) is 0 Å². The van der Waals surface area contributed by atoms with Crippen LogP contribution >= 0.6 is 15.9 Å². The summed E-state index contributed by atoms with van der Waals surface area (Å²) in [7, 11) is 0. The van der Waals surface area contributed by atoms with E-state index in [0.29, 0.717) is 5.89 Å². The van der Waals surface area contributed by atoms with Crippen LogP contribution in [0.3, 0.4) is 0 Å². The number of aliphatic imine (C=N–C) groups is 1. The highest BCUT2D eigenvalue weighted by atomic mass is 79.9. The Hall–Kier alpha value is -2.72. The van der Waals surface area contributed by atoms with Crippen LogP contribution in [0, 0.1) is 0 Å². The lowest BCUT2D eigenvalue weighted by Crippen LogP contribution is -1.79. The highest BCUT2D eigenvalue weighted by Crippen LogP contribution is 2.27. The average molecular weight is 377 g/mol. The monoisotopic (exact) mass is 376 g/mol. The first kappa shape index (κ1) is 14.8. The third kappa shape index (κ3) is 3.14. The summed E-state index contributed by atoms with van der Waals surface area (Å²) in [4.78, 5) is 9.04. The number of benzene rings is 3. The van der Waals surface area contributed by atoms with Crippen molar-refractivity contribution in [3.8, 4) is 11.5 Å². The van der Waals surface area contributed by atoms with Crippen molar-refractivity contribution in [3.05, 3.63) is 82.8 Å². The molecule has 116 valence electrons. The third-order valence-electron chi connectivity index (χ3n) is 3.63. The first-order valence-electron chi connectivity index (χ1n) is 7.54. The number of rotatable bonds is 3. The van der Waals surface area contributed by atoms with Gasteiger partial charge in [-0.05, 0) is 42.0 Å². The predicted octanol–water partition coefficient (Wildman–Crippen LogP) is 6.01. The Morgan fingerprint density at radius 2 is 1.71 bits per heavy atom. The van der Waals surface area contributed by atoms with Gasteiger partial charge >= 0.3 is 0 Å². The maximum Gasteiger partial charge on any atom is 0.227 e. The number of halogens is 1. The van der Waals surface area contributed by atoms with Gasteiger partial charge < -0.3 is 4.42 Å². The fraction of sp³-hybridized carbons (Fsp3) is 0. The van der Waals surface area contributed by atoms with E-state index in [-0.39, 0.29) is 0 Å². The van der Waals surface area contributed by atoms with E-state index in [4.69, 9.17) is 4.42 Å². The first-order chi connectivity index (χ1) is 11.8. The van der Waals surface area contributed by atoms with E-state index in [1.807, 2.05) is 79.0 Å². The van der Waals surface area contributed by atoms with Crippen LogP contribution in [0.1, 0.15) is 5.56 Å². The number of oxazole rings is 1. The molecule has 4 aromatic rings. The number of fused-ring (bicyclic) bond motifs is 1. The second-order valence-corrected chi connectivity index (χ2v) is 6.26. The van der Waals surface area contributed by atoms with Gasteiger partial charge in [-0.1, -0.05) is 46.3 Å². The van der Waals surface area contributed by atoms with Gasteiger partial charge in [0.2, 0.25) is 5.89 Å². The number of nitrogens with zero attached hydrogens (tertiary/aromatic N) is 2. The fourth-order valence-electron chi connectivity index (χ4n) is 2.40. The highest BCUT2D eigenvalue weighted by molar-refractivity contribution is 9.10. The van der Waals surface area contributed by atoms with Crippen molar-refractivity contribution in [2.24, 2.45) is 4.99 Å². The van der Waals surface area contributed by atoms with Crippen LogP contribution in [-0.2, 0) is 0 Å². The highest BCUT2D eigenvalue weighted by Gasteiger charge is 2.08. The lowest BCUT2D eigenvalue weighted by molar-refractivity contribution is 0.620. The molecular formula is C20H13BrN2O. The summed E-state index contributed by atoms with van der Waals surface area (Å²) in [6.07, 6.45) is 1.84. The Balaban J connectivity index is 1.64. The molecule has 0 unspecified atom stereocenters. The molecule has 1 aromatic heterocycles. The smallest absolute Gasteiger partial charge is 0.227 e. The van der Waals surface area contributed by atoms with Gasteiger partial charge in [-0.15, -0.1) is 0 Å². The summed E-state index contributed by atoms with van der Waals surface area (Å²) in [5, 5.41) is 0. The zero-order valence-corrected chi connectivity index (χ0v) is 14.3. The molecule has 0 spiro atoms. The van der Waals surface area contributed by atoms with Crippen molar-refractivity contribution in [2.45, 2.75) is 0 Å². The molecule has 4 rings (SSSR count). The Bertz CT molecular complexity index is 1000. The molecule has 0 bridgehead atoms. The zero-order chi connectivity index (χ0) is 16.4. The van der Waals surface area contributed by atoms with E-state index in [1.165, 1.54) is 0 Å². The summed E-state index contributed by atoms with van der Waals surface area (Å²) in [5.41, 5.74) is 4.41. The number of aromatic nitrogens is 1. The van der Waals surface area contributed by atoms with Crippen LogP contribution in [-0.4, -0.2) is 11.2 Å². The minimum absolute atomic E-state index is 0.625. The molecule has 0 saturated heterocycles. The molecule has 24 heavy (non-hydrogen) atoms. The van der Waals surface area contributed by atoms with Crippen molar-refractivity contribution in [1.82, 2.24) is 4.98 Å². The van der Waals surface area contributed by atoms with Crippen molar-refractivity contribution < 1.29 is 4.42 Å². The Morgan fingerprint density at radius 3 is 2.50 bits per heavy atom. The standard InChI is InChI=1S/C20H13BrN2O/c21-16-8-6-14(7-9-16)13-22-17-10-11-18-19(12-17)24-20(23-18)15-4-2-1-3-5-15/h1-13H. The summed E-state index contributed by atoms with van der Waals surface area (Å²) >= 11 is 3.43. The van der Waals surface area contributed by atoms with Gasteiger partial charge in [-0.2, -0.15) is 0 Å². The molecule has 0 aliphatic rings. The molecule has 0 saturated carbocycles. The van der Waals surface area contributed by atoms with Gasteiger partial charge in [-0.25, -0.2) is 4.98 Å². The van der Waals surface area contributed by atoms with E-state index >= 15 is 0 Å². The topological polar surface area (TPSA) is 38.4 Å². The van der Waals surface area contributed by atoms with Gasteiger partial charge in [0.05, 0.1) is 5.69 Å². The molecular weight excluding hydrogens is 364 g/mol. The SMILES string of the molecule is Brc1ccc(C=Nc2ccc3nc(-c4ccccc4)oc3c2)cc1. The van der Waals surface area contributed by atoms with Gasteiger partial charge in [0, 0.05) is 22.3 Å². The van der Waals surface area contributed by atoms with Crippen LogP contribution in [0.5, 0.6) is 0 Å². The number of hydrogen-bond acceptors (Lipinski definition) is 3. The van der Waals surface area contributed by atoms with Crippen LogP contribution in [0.15, 0.2) is 86.7 Å². The molecule has 0 atom stereocenters. The minimum atomic E-state index is 0.625. The molecule has 3 aromatic carbocycles. The summed E-state index contributed by atoms with van der Waals surface area (Å²) < 4.78 is 6.92. The molecule has 0 radical (unpaired) electrons. The molecule has 0 aliphatic heterocycles. The number of hydrogen-bond donors (Lipinski definition) is 0. The van der Waals surface area contributed by atoms with Crippen LogP contribution < -0.4 is 0 Å². The zero-order valence-electron chi connectivity index (χ0n) is 12.7. The van der Waals surface area contributed by atoms with Crippen molar-refractivity contribution in [3.63, 3.8) is 0 Å². The van der Waals surface area contributed by atoms with Crippen LogP contribution in [0.25, 0.3) is 22.6 Å². The van der Waals surface area contributed by atoms with E-state index in [9.17, 15) is 0 Å². The lowest BCUT2D eigenvalue weighted by atomic mass is 10.2. The summed E-state index contributed by atoms with van der Waals surface area (Å²) in [5.74, 6) is 0.625. The largest absolute Gasteiger partial charge is 0.436 e. The van der Waals surface area contributed by atoms with Gasteiger partial charge in [0.15, 0.2) is 5.58 Å². The van der Waals surface area contributed by atoms with Gasteiger partial charge in [0.25, 0.3) is 0 Å². The van der Waals surface area contributed by atoms with Gasteiger partial charge in [-0.3, -0.25) is 4.99 Å². The second-order valence-electron chi connectivity index (χ2n) is 5.35. The molecule has 1 heterocycles. The van der Waals surface area contributed by atoms with E-state index in [1.54, 1.807) is 0 Å². The Morgan fingerprint density at radius 1 is 0.917 bits per heavy atom. The predicted molar refractivity (Wildman–Crippen MR) is 101 cm³/mol. The molecule has 4 heteroatoms. The molecule has 3 nitrogen and oxygen atoms in total. The van der Waals surface area contributed by atoms with Gasteiger partial charge in [0.1, 0.15) is 5.52 Å². The Labute approximate surface area is 147 Å². The van der Waals surface area contributed by atoms with E-state index in [0.717, 1.165) is 32.4 Å². The van der Waals surface area contributed by atoms with E-state index in [2.05, 4.69) is 25.9 Å². The molecule has 0 aliphatic carbocycles. The molecule has 0 amide bonds. The fourth-order valence-corrected chi connectivity index (χ4v) is 2.66. The second kappa shape index (κ2) is 6.42. The van der Waals surface area contributed by atoms with Crippen LogP contribution in [0.4, 0.5) is 5.69 Å². The Kier molecular flexibility index (Phi) is 3.97. The maximum absolute atomic E-state index is 5.87. The van der Waals surface area contributed by atoms with Crippen molar-refractivity contribution in [2.75, 3.05) is 0 Å². The molecule has 0 N–H and O–H groups in total.